The van der Waals surface area contributed by atoms with E-state index in [2.05, 4.69) is 34.9 Å². The molecule has 28 heavy (non-hydrogen) atoms. The largest absolute Gasteiger partial charge is 0.471 e. The zero-order chi connectivity index (χ0) is 20.1. The number of halogens is 3. The van der Waals surface area contributed by atoms with E-state index in [0.29, 0.717) is 5.56 Å². The number of pyridine rings is 1. The summed E-state index contributed by atoms with van der Waals surface area (Å²) in [6.07, 6.45) is -1.12. The van der Waals surface area contributed by atoms with Crippen molar-refractivity contribution in [3.63, 3.8) is 0 Å². The third-order valence-electron chi connectivity index (χ3n) is 3.49. The minimum atomic E-state index is -4.75. The SMILES string of the molecule is Cc1ncccc1COC(=O)NCc1cnc(-c2noc(C(F)(F)F)n2)nc1. The molecule has 0 aromatic carbocycles. The molecule has 0 saturated carbocycles. The van der Waals surface area contributed by atoms with Crippen LogP contribution in [0.25, 0.3) is 11.6 Å². The Morgan fingerprint density at radius 1 is 1.21 bits per heavy atom. The number of alkyl halides is 3. The van der Waals surface area contributed by atoms with Gasteiger partial charge in [-0.15, -0.1) is 0 Å². The molecule has 0 fully saturated rings. The molecular weight excluding hydrogens is 381 g/mol. The van der Waals surface area contributed by atoms with Gasteiger partial charge in [-0.25, -0.2) is 14.8 Å². The maximum atomic E-state index is 12.5. The highest BCUT2D eigenvalue weighted by Crippen LogP contribution is 2.28. The van der Waals surface area contributed by atoms with Crippen LogP contribution in [0.3, 0.4) is 0 Å². The standard InChI is InChI=1S/C16H13F3N6O3/c1-9-11(3-2-4-20-9)8-27-15(26)23-7-10-5-21-12(22-6-10)13-24-14(28-25-13)16(17,18)19/h2-6H,7-8H2,1H3,(H,23,26). The molecule has 0 radical (unpaired) electrons. The van der Waals surface area contributed by atoms with Gasteiger partial charge in [0.25, 0.3) is 0 Å². The number of nitrogens with one attached hydrogen (secondary N) is 1. The van der Waals surface area contributed by atoms with Gasteiger partial charge in [0.2, 0.25) is 11.6 Å². The third-order valence-corrected chi connectivity index (χ3v) is 3.49. The monoisotopic (exact) mass is 394 g/mol. The Bertz CT molecular complexity index is 959. The number of carbonyl (C=O) groups excluding carboxylic acids is 1. The first kappa shape index (κ1) is 19.2. The fraction of sp³-hybridized carbons (Fsp3) is 0.250. The van der Waals surface area contributed by atoms with E-state index >= 15 is 0 Å². The van der Waals surface area contributed by atoms with Crippen molar-refractivity contribution in [3.8, 4) is 11.6 Å². The van der Waals surface area contributed by atoms with Crippen LogP contribution in [0, 0.1) is 6.92 Å². The van der Waals surface area contributed by atoms with Crippen molar-refractivity contribution in [2.24, 2.45) is 0 Å². The third kappa shape index (κ3) is 4.78. The molecule has 0 aliphatic heterocycles. The number of hydrogen-bond acceptors (Lipinski definition) is 8. The lowest BCUT2D eigenvalue weighted by Crippen LogP contribution is -2.24. The number of ether oxygens (including phenoxy) is 1. The fourth-order valence-electron chi connectivity index (χ4n) is 2.03. The van der Waals surface area contributed by atoms with Gasteiger partial charge in [0.1, 0.15) is 6.61 Å². The van der Waals surface area contributed by atoms with Crippen LogP contribution < -0.4 is 5.32 Å². The molecule has 0 unspecified atom stereocenters. The maximum absolute atomic E-state index is 12.5. The zero-order valence-electron chi connectivity index (χ0n) is 14.4. The Morgan fingerprint density at radius 3 is 2.61 bits per heavy atom. The van der Waals surface area contributed by atoms with Crippen LogP contribution in [0.4, 0.5) is 18.0 Å². The molecule has 3 aromatic rings. The summed E-state index contributed by atoms with van der Waals surface area (Å²) in [6.45, 7) is 1.93. The van der Waals surface area contributed by atoms with Crippen molar-refractivity contribution in [1.82, 2.24) is 30.4 Å². The summed E-state index contributed by atoms with van der Waals surface area (Å²) in [5.41, 5.74) is 2.04. The van der Waals surface area contributed by atoms with Gasteiger partial charge < -0.3 is 14.6 Å². The Morgan fingerprint density at radius 2 is 1.96 bits per heavy atom. The van der Waals surface area contributed by atoms with Crippen molar-refractivity contribution < 1.29 is 27.2 Å². The van der Waals surface area contributed by atoms with E-state index in [1.807, 2.05) is 0 Å². The summed E-state index contributed by atoms with van der Waals surface area (Å²) < 4.78 is 46.6. The molecule has 0 bridgehead atoms. The highest BCUT2D eigenvalue weighted by molar-refractivity contribution is 5.67. The molecular formula is C16H13F3N6O3. The molecule has 0 spiro atoms. The summed E-state index contributed by atoms with van der Waals surface area (Å²) in [5, 5.41) is 5.70. The smallest absolute Gasteiger partial charge is 0.445 e. The number of rotatable bonds is 5. The summed E-state index contributed by atoms with van der Waals surface area (Å²) in [7, 11) is 0. The van der Waals surface area contributed by atoms with Crippen molar-refractivity contribution in [2.75, 3.05) is 0 Å². The van der Waals surface area contributed by atoms with Crippen LogP contribution >= 0.6 is 0 Å². The van der Waals surface area contributed by atoms with Gasteiger partial charge in [-0.3, -0.25) is 4.98 Å². The highest BCUT2D eigenvalue weighted by atomic mass is 19.4. The Labute approximate surface area is 156 Å². The van der Waals surface area contributed by atoms with Crippen LogP contribution in [0.15, 0.2) is 35.2 Å². The van der Waals surface area contributed by atoms with Crippen LogP contribution in [-0.4, -0.2) is 31.2 Å². The number of nitrogens with zero attached hydrogens (tertiary/aromatic N) is 5. The maximum Gasteiger partial charge on any atom is 0.471 e. The Hall–Kier alpha value is -3.57. The molecule has 0 atom stereocenters. The van der Waals surface area contributed by atoms with Crippen LogP contribution in [-0.2, 0) is 24.1 Å². The van der Waals surface area contributed by atoms with E-state index in [1.54, 1.807) is 25.3 Å². The minimum Gasteiger partial charge on any atom is -0.445 e. The van der Waals surface area contributed by atoms with Gasteiger partial charge in [-0.2, -0.15) is 18.2 Å². The van der Waals surface area contributed by atoms with E-state index in [1.165, 1.54) is 12.4 Å². The predicted molar refractivity (Wildman–Crippen MR) is 86.3 cm³/mol. The minimum absolute atomic E-state index is 0.0607. The molecule has 1 N–H and O–H groups in total. The van der Waals surface area contributed by atoms with Crippen molar-refractivity contribution in [1.29, 1.82) is 0 Å². The quantitative estimate of drug-likeness (QED) is 0.702. The van der Waals surface area contributed by atoms with Gasteiger partial charge in [-0.05, 0) is 13.0 Å². The summed E-state index contributed by atoms with van der Waals surface area (Å²) >= 11 is 0. The van der Waals surface area contributed by atoms with E-state index in [4.69, 9.17) is 4.74 Å². The molecule has 0 saturated heterocycles. The summed E-state index contributed by atoms with van der Waals surface area (Å²) in [5.74, 6) is -2.01. The second-order valence-corrected chi connectivity index (χ2v) is 5.51. The van der Waals surface area contributed by atoms with Gasteiger partial charge in [0, 0.05) is 42.0 Å². The second kappa shape index (κ2) is 7.98. The second-order valence-electron chi connectivity index (χ2n) is 5.51. The fourth-order valence-corrected chi connectivity index (χ4v) is 2.03. The molecule has 12 heteroatoms. The number of hydrogen-bond donors (Lipinski definition) is 1. The molecule has 9 nitrogen and oxygen atoms in total. The molecule has 3 rings (SSSR count). The van der Waals surface area contributed by atoms with Gasteiger partial charge in [0.15, 0.2) is 0 Å². The van der Waals surface area contributed by atoms with Crippen LogP contribution in [0.2, 0.25) is 0 Å². The average molecular weight is 394 g/mol. The summed E-state index contributed by atoms with van der Waals surface area (Å²) in [4.78, 5) is 26.8. The zero-order valence-corrected chi connectivity index (χ0v) is 14.4. The van der Waals surface area contributed by atoms with Crippen LogP contribution in [0.5, 0.6) is 0 Å². The number of amides is 1. The lowest BCUT2D eigenvalue weighted by Gasteiger charge is -2.08. The highest BCUT2D eigenvalue weighted by Gasteiger charge is 2.38. The predicted octanol–water partition coefficient (Wildman–Crippen LogP) is 2.68. The first-order chi connectivity index (χ1) is 13.3. The normalized spacial score (nSPS) is 11.3. The number of aromatic nitrogens is 5. The van der Waals surface area contributed by atoms with Crippen LogP contribution in [0.1, 0.15) is 22.7 Å². The van der Waals surface area contributed by atoms with E-state index in [0.717, 1.165) is 11.3 Å². The molecule has 0 aliphatic rings. The first-order valence-electron chi connectivity index (χ1n) is 7.86. The Kier molecular flexibility index (Phi) is 5.47. The van der Waals surface area contributed by atoms with Gasteiger partial charge in [0.05, 0.1) is 0 Å². The number of carbonyl (C=O) groups is 1. The van der Waals surface area contributed by atoms with Gasteiger partial charge >= 0.3 is 18.2 Å². The molecule has 3 heterocycles. The van der Waals surface area contributed by atoms with Gasteiger partial charge in [-0.1, -0.05) is 11.2 Å². The molecule has 146 valence electrons. The lowest BCUT2D eigenvalue weighted by molar-refractivity contribution is -0.159. The van der Waals surface area contributed by atoms with Crippen molar-refractivity contribution in [3.05, 3.63) is 53.4 Å². The number of aryl methyl sites for hydroxylation is 1. The van der Waals surface area contributed by atoms with Crippen molar-refractivity contribution >= 4 is 6.09 Å². The topological polar surface area (TPSA) is 116 Å². The van der Waals surface area contributed by atoms with E-state index in [-0.39, 0.29) is 19.0 Å². The Balaban J connectivity index is 1.52. The van der Waals surface area contributed by atoms with E-state index in [9.17, 15) is 18.0 Å². The average Bonchev–Trinajstić information content (AvgIpc) is 3.17. The number of alkyl carbamates (subject to hydrolysis) is 1. The molecule has 1 amide bonds. The van der Waals surface area contributed by atoms with Crippen molar-refractivity contribution in [2.45, 2.75) is 26.3 Å². The van der Waals surface area contributed by atoms with E-state index < -0.39 is 24.0 Å². The molecule has 3 aromatic heterocycles. The summed E-state index contributed by atoms with van der Waals surface area (Å²) in [6, 6.07) is 3.54. The first-order valence-corrected chi connectivity index (χ1v) is 7.86. The lowest BCUT2D eigenvalue weighted by atomic mass is 10.2. The molecule has 0 aliphatic carbocycles.